The summed E-state index contributed by atoms with van der Waals surface area (Å²) in [6, 6.07) is -2.56. The van der Waals surface area contributed by atoms with E-state index in [1.807, 2.05) is 6.92 Å². The zero-order chi connectivity index (χ0) is 20.5. The molecule has 0 aromatic carbocycles. The highest BCUT2D eigenvalue weighted by Gasteiger charge is 2.27. The average Bonchev–Trinajstić information content (AvgIpc) is 2.51. The third-order valence-electron chi connectivity index (χ3n) is 3.25. The van der Waals surface area contributed by atoms with Gasteiger partial charge >= 0.3 is 12.1 Å². The van der Waals surface area contributed by atoms with Crippen LogP contribution in [0.4, 0.5) is 4.79 Å². The second-order valence-corrected chi connectivity index (χ2v) is 6.97. The Morgan fingerprint density at radius 2 is 1.50 bits per heavy atom. The molecule has 26 heavy (non-hydrogen) atoms. The normalized spacial score (nSPS) is 14.4. The minimum absolute atomic E-state index is 0.380. The standard InChI is InChI=1S/C17H31N3O6/c1-8-9-12(14(22)18-11(3)15(23)25-7)20-13(21)10(2)19-16(24)26-17(4,5)6/h10-12H,8-9H2,1-7H3,(H,18,22)(H,19,24)(H,20,21)/t10-,11-,12-/m0/s1. The van der Waals surface area contributed by atoms with Crippen LogP contribution in [-0.4, -0.2) is 54.7 Å². The highest BCUT2D eigenvalue weighted by atomic mass is 16.6. The van der Waals surface area contributed by atoms with Crippen LogP contribution in [0.2, 0.25) is 0 Å². The smallest absolute Gasteiger partial charge is 0.408 e. The molecular formula is C17H31N3O6. The fraction of sp³-hybridized carbons (Fsp3) is 0.765. The zero-order valence-electron chi connectivity index (χ0n) is 16.6. The van der Waals surface area contributed by atoms with Crippen molar-refractivity contribution < 1.29 is 28.7 Å². The molecule has 0 aliphatic rings. The van der Waals surface area contributed by atoms with Gasteiger partial charge in [-0.25, -0.2) is 9.59 Å². The van der Waals surface area contributed by atoms with Crippen LogP contribution in [0.1, 0.15) is 54.4 Å². The quantitative estimate of drug-likeness (QED) is 0.542. The van der Waals surface area contributed by atoms with Crippen LogP contribution >= 0.6 is 0 Å². The molecule has 9 heteroatoms. The largest absolute Gasteiger partial charge is 0.467 e. The van der Waals surface area contributed by atoms with E-state index in [-0.39, 0.29) is 0 Å². The van der Waals surface area contributed by atoms with Gasteiger partial charge in [-0.1, -0.05) is 13.3 Å². The lowest BCUT2D eigenvalue weighted by molar-refractivity contribution is -0.144. The molecule has 0 heterocycles. The molecular weight excluding hydrogens is 342 g/mol. The number of carbonyl (C=O) groups is 4. The molecule has 0 rings (SSSR count). The summed E-state index contributed by atoms with van der Waals surface area (Å²) < 4.78 is 9.64. The maximum absolute atomic E-state index is 12.3. The van der Waals surface area contributed by atoms with Crippen molar-refractivity contribution in [3.63, 3.8) is 0 Å². The minimum atomic E-state index is -0.893. The summed E-state index contributed by atoms with van der Waals surface area (Å²) in [6.07, 6.45) is 0.291. The minimum Gasteiger partial charge on any atom is -0.467 e. The Hall–Kier alpha value is -2.32. The predicted molar refractivity (Wildman–Crippen MR) is 95.3 cm³/mol. The van der Waals surface area contributed by atoms with Crippen molar-refractivity contribution in [3.8, 4) is 0 Å². The SMILES string of the molecule is CCC[C@H](NC(=O)[C@H](C)NC(=O)OC(C)(C)C)C(=O)N[C@@H](C)C(=O)OC. The van der Waals surface area contributed by atoms with E-state index in [9.17, 15) is 19.2 Å². The molecule has 0 spiro atoms. The molecule has 0 radical (unpaired) electrons. The van der Waals surface area contributed by atoms with Crippen molar-refractivity contribution in [2.75, 3.05) is 7.11 Å². The second kappa shape index (κ2) is 10.6. The molecule has 0 fully saturated rings. The molecule has 9 nitrogen and oxygen atoms in total. The van der Waals surface area contributed by atoms with Gasteiger partial charge in [0.05, 0.1) is 7.11 Å². The number of amides is 3. The van der Waals surface area contributed by atoms with Crippen molar-refractivity contribution in [3.05, 3.63) is 0 Å². The van der Waals surface area contributed by atoms with Crippen molar-refractivity contribution in [1.82, 2.24) is 16.0 Å². The summed E-state index contributed by atoms with van der Waals surface area (Å²) in [4.78, 5) is 47.7. The zero-order valence-corrected chi connectivity index (χ0v) is 16.6. The Bertz CT molecular complexity index is 515. The van der Waals surface area contributed by atoms with E-state index in [0.717, 1.165) is 0 Å². The number of ether oxygens (including phenoxy) is 2. The van der Waals surface area contributed by atoms with E-state index in [1.54, 1.807) is 20.8 Å². The van der Waals surface area contributed by atoms with Crippen LogP contribution in [0.15, 0.2) is 0 Å². The van der Waals surface area contributed by atoms with Gasteiger partial charge in [-0.15, -0.1) is 0 Å². The Balaban J connectivity index is 4.77. The van der Waals surface area contributed by atoms with E-state index >= 15 is 0 Å². The predicted octanol–water partition coefficient (Wildman–Crippen LogP) is 0.862. The Labute approximate surface area is 154 Å². The van der Waals surface area contributed by atoms with Gasteiger partial charge in [0.2, 0.25) is 11.8 Å². The van der Waals surface area contributed by atoms with E-state index < -0.39 is 47.6 Å². The molecule has 150 valence electrons. The molecule has 0 aromatic heterocycles. The monoisotopic (exact) mass is 373 g/mol. The van der Waals surface area contributed by atoms with E-state index in [4.69, 9.17) is 4.74 Å². The topological polar surface area (TPSA) is 123 Å². The number of nitrogens with one attached hydrogen (secondary N) is 3. The number of esters is 1. The fourth-order valence-electron chi connectivity index (χ4n) is 1.95. The number of methoxy groups -OCH3 is 1. The molecule has 0 aliphatic heterocycles. The third-order valence-corrected chi connectivity index (χ3v) is 3.25. The van der Waals surface area contributed by atoms with Gasteiger partial charge in [-0.2, -0.15) is 0 Å². The number of carbonyl (C=O) groups excluding carboxylic acids is 4. The summed E-state index contributed by atoms with van der Waals surface area (Å²) in [7, 11) is 1.22. The molecule has 3 N–H and O–H groups in total. The van der Waals surface area contributed by atoms with Gasteiger partial charge in [0.25, 0.3) is 0 Å². The molecule has 0 bridgehead atoms. The van der Waals surface area contributed by atoms with Gasteiger partial charge in [-0.3, -0.25) is 9.59 Å². The van der Waals surface area contributed by atoms with Crippen molar-refractivity contribution in [2.24, 2.45) is 0 Å². The van der Waals surface area contributed by atoms with Crippen LogP contribution in [0.25, 0.3) is 0 Å². The summed E-state index contributed by atoms with van der Waals surface area (Å²) in [6.45, 7) is 9.96. The lowest BCUT2D eigenvalue weighted by atomic mass is 10.1. The van der Waals surface area contributed by atoms with Gasteiger partial charge in [-0.05, 0) is 41.0 Å². The summed E-state index contributed by atoms with van der Waals surface area (Å²) in [5, 5.41) is 7.48. The van der Waals surface area contributed by atoms with Crippen LogP contribution in [0.3, 0.4) is 0 Å². The van der Waals surface area contributed by atoms with Gasteiger partial charge in [0.1, 0.15) is 23.7 Å². The molecule has 0 saturated heterocycles. The summed E-state index contributed by atoms with van der Waals surface area (Å²) in [5.74, 6) is -1.61. The number of hydrogen-bond acceptors (Lipinski definition) is 6. The Morgan fingerprint density at radius 3 is 1.96 bits per heavy atom. The van der Waals surface area contributed by atoms with Gasteiger partial charge in [0, 0.05) is 0 Å². The summed E-state index contributed by atoms with van der Waals surface area (Å²) in [5.41, 5.74) is -0.686. The van der Waals surface area contributed by atoms with Crippen LogP contribution in [0.5, 0.6) is 0 Å². The molecule has 0 saturated carbocycles. The lowest BCUT2D eigenvalue weighted by Crippen LogP contribution is -2.55. The van der Waals surface area contributed by atoms with E-state index in [2.05, 4.69) is 20.7 Å². The molecule has 3 atom stereocenters. The lowest BCUT2D eigenvalue weighted by Gasteiger charge is -2.24. The van der Waals surface area contributed by atoms with Gasteiger partial charge in [0.15, 0.2) is 0 Å². The van der Waals surface area contributed by atoms with Crippen molar-refractivity contribution in [2.45, 2.75) is 78.1 Å². The Kier molecular flexibility index (Phi) is 9.67. The summed E-state index contributed by atoms with van der Waals surface area (Å²) >= 11 is 0. The molecule has 3 amide bonds. The molecule has 0 aromatic rings. The van der Waals surface area contributed by atoms with Crippen molar-refractivity contribution >= 4 is 23.9 Å². The number of rotatable bonds is 8. The highest BCUT2D eigenvalue weighted by molar-refractivity contribution is 5.92. The maximum atomic E-state index is 12.3. The molecule has 0 unspecified atom stereocenters. The highest BCUT2D eigenvalue weighted by Crippen LogP contribution is 2.07. The number of alkyl carbamates (subject to hydrolysis) is 1. The van der Waals surface area contributed by atoms with Crippen molar-refractivity contribution in [1.29, 1.82) is 0 Å². The third kappa shape index (κ3) is 9.24. The fourth-order valence-corrected chi connectivity index (χ4v) is 1.95. The van der Waals surface area contributed by atoms with Gasteiger partial charge < -0.3 is 25.4 Å². The first-order chi connectivity index (χ1) is 11.9. The van der Waals surface area contributed by atoms with Crippen LogP contribution < -0.4 is 16.0 Å². The van der Waals surface area contributed by atoms with Crippen LogP contribution in [0, 0.1) is 0 Å². The molecule has 0 aliphatic carbocycles. The first-order valence-electron chi connectivity index (χ1n) is 8.59. The second-order valence-electron chi connectivity index (χ2n) is 6.97. The maximum Gasteiger partial charge on any atom is 0.408 e. The van der Waals surface area contributed by atoms with E-state index in [0.29, 0.717) is 12.8 Å². The van der Waals surface area contributed by atoms with Crippen LogP contribution in [-0.2, 0) is 23.9 Å². The first-order valence-corrected chi connectivity index (χ1v) is 8.59. The average molecular weight is 373 g/mol. The first kappa shape index (κ1) is 23.7. The Morgan fingerprint density at radius 1 is 0.923 bits per heavy atom. The number of hydrogen-bond donors (Lipinski definition) is 3. The van der Waals surface area contributed by atoms with E-state index in [1.165, 1.54) is 21.0 Å².